The van der Waals surface area contributed by atoms with Crippen LogP contribution in [0.15, 0.2) is 0 Å². The third kappa shape index (κ3) is 1.12. The summed E-state index contributed by atoms with van der Waals surface area (Å²) in [6, 6.07) is 0. The van der Waals surface area contributed by atoms with E-state index < -0.39 is 0 Å². The van der Waals surface area contributed by atoms with E-state index in [9.17, 15) is 4.79 Å². The van der Waals surface area contributed by atoms with Crippen LogP contribution in [0.5, 0.6) is 0 Å². The minimum absolute atomic E-state index is 0.289. The van der Waals surface area contributed by atoms with Crippen molar-refractivity contribution in [2.24, 2.45) is 5.92 Å². The molecule has 0 saturated carbocycles. The Kier molecular flexibility index (Phi) is 1.37. The molecule has 0 radical (unpaired) electrons. The van der Waals surface area contributed by atoms with Gasteiger partial charge in [0.15, 0.2) is 0 Å². The van der Waals surface area contributed by atoms with Gasteiger partial charge in [0.1, 0.15) is 0 Å². The van der Waals surface area contributed by atoms with E-state index in [1.165, 1.54) is 0 Å². The first-order chi connectivity index (χ1) is 3.79. The van der Waals surface area contributed by atoms with Gasteiger partial charge in [-0.05, 0) is 0 Å². The van der Waals surface area contributed by atoms with Gasteiger partial charge in [-0.25, -0.2) is 4.79 Å². The van der Waals surface area contributed by atoms with Gasteiger partial charge in [0.2, 0.25) is 0 Å². The second kappa shape index (κ2) is 2.03. The summed E-state index contributed by atoms with van der Waals surface area (Å²) in [7, 11) is 0. The molecule has 46 valence electrons. The molecule has 0 aromatic heterocycles. The standard InChI is InChI=1S/C5H9NO2/c1-4-2-6-5(7)8-3-4/h4H,2-3H2,1H3,(H,6,7)/t4-/m0/s1. The third-order valence-electron chi connectivity index (χ3n) is 1.09. The van der Waals surface area contributed by atoms with E-state index in [1.54, 1.807) is 0 Å². The molecule has 0 spiro atoms. The Morgan fingerprint density at radius 1 is 1.88 bits per heavy atom. The molecule has 1 aliphatic heterocycles. The smallest absolute Gasteiger partial charge is 0.407 e. The lowest BCUT2D eigenvalue weighted by Crippen LogP contribution is -2.37. The molecule has 1 N–H and O–H groups in total. The van der Waals surface area contributed by atoms with Crippen molar-refractivity contribution < 1.29 is 9.53 Å². The normalized spacial score (nSPS) is 28.6. The maximum absolute atomic E-state index is 10.3. The molecule has 1 fully saturated rings. The Hall–Kier alpha value is -0.730. The van der Waals surface area contributed by atoms with Gasteiger partial charge in [0, 0.05) is 12.5 Å². The molecule has 1 heterocycles. The lowest BCUT2D eigenvalue weighted by Gasteiger charge is -2.18. The first kappa shape index (κ1) is 5.41. The minimum Gasteiger partial charge on any atom is -0.449 e. The fraction of sp³-hybridized carbons (Fsp3) is 0.800. The second-order valence-electron chi connectivity index (χ2n) is 2.08. The molecule has 0 bridgehead atoms. The first-order valence-electron chi connectivity index (χ1n) is 2.69. The molecule has 8 heavy (non-hydrogen) atoms. The Labute approximate surface area is 48.0 Å². The number of alkyl carbamates (subject to hydrolysis) is 1. The molecule has 1 saturated heterocycles. The predicted octanol–water partition coefficient (Wildman–Crippen LogP) is 0.362. The fourth-order valence-corrected chi connectivity index (χ4v) is 0.585. The summed E-state index contributed by atoms with van der Waals surface area (Å²) >= 11 is 0. The number of cyclic esters (lactones) is 1. The molecule has 0 aromatic carbocycles. The van der Waals surface area contributed by atoms with Crippen molar-refractivity contribution in [1.29, 1.82) is 0 Å². The van der Waals surface area contributed by atoms with Crippen molar-refractivity contribution in [3.63, 3.8) is 0 Å². The number of carbonyl (C=O) groups is 1. The molecular weight excluding hydrogens is 106 g/mol. The molecule has 0 aliphatic carbocycles. The third-order valence-corrected chi connectivity index (χ3v) is 1.09. The molecule has 1 rings (SSSR count). The van der Waals surface area contributed by atoms with Crippen molar-refractivity contribution in [3.05, 3.63) is 0 Å². The van der Waals surface area contributed by atoms with Crippen molar-refractivity contribution in [2.45, 2.75) is 6.92 Å². The van der Waals surface area contributed by atoms with Crippen LogP contribution in [0.3, 0.4) is 0 Å². The summed E-state index contributed by atoms with van der Waals surface area (Å²) in [6.45, 7) is 3.34. The fourth-order valence-electron chi connectivity index (χ4n) is 0.585. The molecule has 3 heteroatoms. The minimum atomic E-state index is -0.289. The summed E-state index contributed by atoms with van der Waals surface area (Å²) < 4.78 is 4.64. The predicted molar refractivity (Wildman–Crippen MR) is 28.5 cm³/mol. The van der Waals surface area contributed by atoms with Crippen LogP contribution in [0.1, 0.15) is 6.92 Å². The van der Waals surface area contributed by atoms with Crippen molar-refractivity contribution in [1.82, 2.24) is 5.32 Å². The van der Waals surface area contributed by atoms with E-state index in [-0.39, 0.29) is 6.09 Å². The number of rotatable bonds is 0. The topological polar surface area (TPSA) is 38.3 Å². The van der Waals surface area contributed by atoms with Gasteiger partial charge in [0.25, 0.3) is 0 Å². The van der Waals surface area contributed by atoms with Gasteiger partial charge in [0.05, 0.1) is 6.61 Å². The quantitative estimate of drug-likeness (QED) is 0.495. The number of ether oxygens (including phenoxy) is 1. The number of hydrogen-bond donors (Lipinski definition) is 1. The molecule has 0 unspecified atom stereocenters. The van der Waals surface area contributed by atoms with Crippen LogP contribution < -0.4 is 5.32 Å². The zero-order valence-corrected chi connectivity index (χ0v) is 4.81. The summed E-state index contributed by atoms with van der Waals surface area (Å²) in [4.78, 5) is 10.3. The summed E-state index contributed by atoms with van der Waals surface area (Å²) in [5.41, 5.74) is 0. The van der Waals surface area contributed by atoms with Gasteiger partial charge in [-0.15, -0.1) is 0 Å². The van der Waals surface area contributed by atoms with Gasteiger partial charge >= 0.3 is 6.09 Å². The van der Waals surface area contributed by atoms with Crippen LogP contribution in [0.4, 0.5) is 4.79 Å². The SMILES string of the molecule is C[C@H]1CNC(=O)OC1. The Morgan fingerprint density at radius 3 is 3.00 bits per heavy atom. The number of amides is 1. The zero-order chi connectivity index (χ0) is 5.98. The molecule has 1 aliphatic rings. The zero-order valence-electron chi connectivity index (χ0n) is 4.81. The van der Waals surface area contributed by atoms with Gasteiger partial charge in [-0.2, -0.15) is 0 Å². The second-order valence-corrected chi connectivity index (χ2v) is 2.08. The maximum Gasteiger partial charge on any atom is 0.407 e. The van der Waals surface area contributed by atoms with E-state index in [0.29, 0.717) is 12.5 Å². The highest BCUT2D eigenvalue weighted by Crippen LogP contribution is 1.98. The number of nitrogens with one attached hydrogen (secondary N) is 1. The van der Waals surface area contributed by atoms with Crippen molar-refractivity contribution in [3.8, 4) is 0 Å². The van der Waals surface area contributed by atoms with Crippen LogP contribution in [0.2, 0.25) is 0 Å². The number of hydrogen-bond acceptors (Lipinski definition) is 2. The molecular formula is C5H9NO2. The highest BCUT2D eigenvalue weighted by Gasteiger charge is 2.13. The van der Waals surface area contributed by atoms with Gasteiger partial charge in [-0.3, -0.25) is 0 Å². The largest absolute Gasteiger partial charge is 0.449 e. The van der Waals surface area contributed by atoms with Gasteiger partial charge in [-0.1, -0.05) is 6.92 Å². The van der Waals surface area contributed by atoms with Crippen molar-refractivity contribution >= 4 is 6.09 Å². The lowest BCUT2D eigenvalue weighted by atomic mass is 10.2. The number of carbonyl (C=O) groups excluding carboxylic acids is 1. The summed E-state index contributed by atoms with van der Waals surface area (Å²) in [6.07, 6.45) is -0.289. The van der Waals surface area contributed by atoms with Gasteiger partial charge < -0.3 is 10.1 Å². The first-order valence-corrected chi connectivity index (χ1v) is 2.69. The van der Waals surface area contributed by atoms with E-state index >= 15 is 0 Å². The lowest BCUT2D eigenvalue weighted by molar-refractivity contribution is 0.107. The highest BCUT2D eigenvalue weighted by atomic mass is 16.6. The summed E-state index contributed by atoms with van der Waals surface area (Å²) in [5.74, 6) is 0.465. The highest BCUT2D eigenvalue weighted by molar-refractivity contribution is 5.67. The Balaban J connectivity index is 2.29. The van der Waals surface area contributed by atoms with Crippen molar-refractivity contribution in [2.75, 3.05) is 13.2 Å². The monoisotopic (exact) mass is 115 g/mol. The molecule has 3 nitrogen and oxygen atoms in total. The van der Waals surface area contributed by atoms with E-state index in [1.807, 2.05) is 6.92 Å². The van der Waals surface area contributed by atoms with E-state index in [2.05, 4.69) is 10.1 Å². The molecule has 1 amide bonds. The maximum atomic E-state index is 10.3. The van der Waals surface area contributed by atoms with Crippen LogP contribution in [0.25, 0.3) is 0 Å². The van der Waals surface area contributed by atoms with Crippen LogP contribution >= 0.6 is 0 Å². The Bertz CT molecular complexity index is 92.6. The summed E-state index contributed by atoms with van der Waals surface area (Å²) in [5, 5.41) is 2.57. The Morgan fingerprint density at radius 2 is 2.62 bits per heavy atom. The molecule has 1 atom stereocenters. The van der Waals surface area contributed by atoms with E-state index in [4.69, 9.17) is 0 Å². The van der Waals surface area contributed by atoms with Crippen LogP contribution in [0, 0.1) is 5.92 Å². The average Bonchev–Trinajstić information content (AvgIpc) is 1.77. The van der Waals surface area contributed by atoms with E-state index in [0.717, 1.165) is 6.54 Å². The average molecular weight is 115 g/mol. The molecule has 0 aromatic rings. The van der Waals surface area contributed by atoms with Crippen LogP contribution in [-0.4, -0.2) is 19.2 Å². The van der Waals surface area contributed by atoms with Crippen LogP contribution in [-0.2, 0) is 4.74 Å².